The molecule has 9 rings (SSSR count). The lowest BCUT2D eigenvalue weighted by atomic mass is 9.95. The van der Waals surface area contributed by atoms with E-state index in [1.165, 1.54) is 0 Å². The first-order valence-corrected chi connectivity index (χ1v) is 25.9. The van der Waals surface area contributed by atoms with Crippen LogP contribution in [0.15, 0.2) is 151 Å². The van der Waals surface area contributed by atoms with Gasteiger partial charge in [-0.05, 0) is 106 Å². The van der Waals surface area contributed by atoms with Gasteiger partial charge in [0.15, 0.2) is 18.8 Å². The van der Waals surface area contributed by atoms with Crippen LogP contribution in [0.4, 0.5) is 0 Å². The van der Waals surface area contributed by atoms with E-state index in [4.69, 9.17) is 75.8 Å². The second-order valence-electron chi connectivity index (χ2n) is 18.8. The van der Waals surface area contributed by atoms with E-state index < -0.39 is 67.6 Å². The zero-order valence-corrected chi connectivity index (χ0v) is 45.0. The van der Waals surface area contributed by atoms with Crippen LogP contribution in [-0.2, 0) is 80.4 Å². The summed E-state index contributed by atoms with van der Waals surface area (Å²) in [6, 6.07) is 45.2. The van der Waals surface area contributed by atoms with Crippen LogP contribution in [0.2, 0.25) is 0 Å². The molecule has 0 amide bonds. The summed E-state index contributed by atoms with van der Waals surface area (Å²) < 4.78 is 102. The molecule has 11 atom stereocenters. The van der Waals surface area contributed by atoms with Gasteiger partial charge in [0.2, 0.25) is 0 Å². The summed E-state index contributed by atoms with van der Waals surface area (Å²) in [5.74, 6) is 4.14. The predicted molar refractivity (Wildman–Crippen MR) is 287 cm³/mol. The van der Waals surface area contributed by atoms with Gasteiger partial charge in [0.05, 0.1) is 88.9 Å². The van der Waals surface area contributed by atoms with Crippen molar-refractivity contribution in [3.63, 3.8) is 0 Å². The molecule has 3 heterocycles. The van der Waals surface area contributed by atoms with Crippen LogP contribution < -0.4 is 28.4 Å². The van der Waals surface area contributed by atoms with Gasteiger partial charge in [-0.15, -0.1) is 0 Å². The van der Waals surface area contributed by atoms with Gasteiger partial charge in [-0.1, -0.05) is 77.9 Å². The first kappa shape index (κ1) is 56.7. The molecule has 418 valence electrons. The summed E-state index contributed by atoms with van der Waals surface area (Å²) in [4.78, 5) is 3.23. The van der Waals surface area contributed by atoms with E-state index in [1.54, 1.807) is 42.7 Å². The molecule has 6 aromatic rings. The maximum atomic E-state index is 10.1. The van der Waals surface area contributed by atoms with Crippen molar-refractivity contribution in [2.24, 2.45) is 5.11 Å². The molecule has 19 nitrogen and oxygen atoms in total. The monoisotopic (exact) mass is 1090 g/mol. The molecule has 3 saturated heterocycles. The average Bonchev–Trinajstić information content (AvgIpc) is 3.56. The summed E-state index contributed by atoms with van der Waals surface area (Å²) in [6.45, 7) is 0.650. The lowest BCUT2D eigenvalue weighted by molar-refractivity contribution is -0.390. The molecular weight excluding hydrogens is 1020 g/mol. The summed E-state index contributed by atoms with van der Waals surface area (Å²) >= 11 is 0. The Balaban J connectivity index is 1.11. The van der Waals surface area contributed by atoms with Crippen molar-refractivity contribution in [1.29, 1.82) is 0 Å². The van der Waals surface area contributed by atoms with E-state index in [2.05, 4.69) is 10.0 Å². The van der Waals surface area contributed by atoms with E-state index in [9.17, 15) is 5.53 Å². The van der Waals surface area contributed by atoms with Gasteiger partial charge >= 0.3 is 0 Å². The van der Waals surface area contributed by atoms with Crippen LogP contribution in [0.1, 0.15) is 39.7 Å². The smallest absolute Gasteiger partial charge is 0.187 e. The third-order valence-electron chi connectivity index (χ3n) is 13.9. The number of azide groups is 1. The molecule has 3 aliphatic heterocycles. The van der Waals surface area contributed by atoms with Gasteiger partial charge < -0.3 is 75.8 Å². The molecule has 0 aromatic heterocycles. The molecule has 6 aromatic carbocycles. The van der Waals surface area contributed by atoms with E-state index in [0.717, 1.165) is 33.4 Å². The molecule has 3 fully saturated rings. The van der Waals surface area contributed by atoms with E-state index in [-0.39, 0.29) is 46.2 Å². The van der Waals surface area contributed by atoms with E-state index >= 15 is 0 Å². The molecule has 0 N–H and O–H groups in total. The SMILES string of the molecule is COc1ccc(COC[C@H]2O[C@@H](N=[N+]=[N-])[C@H](OCc3ccc(OC)cc3)[C@@H](OCc3ccc(OC)cc3)[C@@H]2O[C@@H]2O[C@@H]3CO[C@@H](c4ccc(OC)cc4)O[C@H]3[C@H](OCc3ccc(OC)cc3)[C@H]2OCc2ccc(OC)cc2)cc1. The number of fused-ring (bicyclic) bond motifs is 1. The first-order chi connectivity index (χ1) is 38.8. The zero-order valence-electron chi connectivity index (χ0n) is 45.0. The Morgan fingerprint density at radius 3 is 1.27 bits per heavy atom. The molecule has 19 heteroatoms. The van der Waals surface area contributed by atoms with Gasteiger partial charge in [0, 0.05) is 10.5 Å². The maximum absolute atomic E-state index is 10.1. The van der Waals surface area contributed by atoms with Crippen LogP contribution >= 0.6 is 0 Å². The Morgan fingerprint density at radius 2 is 0.835 bits per heavy atom. The largest absolute Gasteiger partial charge is 0.497 e. The lowest BCUT2D eigenvalue weighted by Gasteiger charge is -2.51. The highest BCUT2D eigenvalue weighted by Crippen LogP contribution is 2.40. The third-order valence-corrected chi connectivity index (χ3v) is 13.9. The second-order valence-corrected chi connectivity index (χ2v) is 18.8. The fraction of sp³-hybridized carbons (Fsp3) is 0.400. The van der Waals surface area contributed by atoms with Crippen LogP contribution in [0, 0.1) is 0 Å². The summed E-state index contributed by atoms with van der Waals surface area (Å²) in [7, 11) is 9.67. The summed E-state index contributed by atoms with van der Waals surface area (Å²) in [5, 5.41) is 4.17. The lowest BCUT2D eigenvalue weighted by Crippen LogP contribution is -2.67. The molecule has 3 aliphatic rings. The van der Waals surface area contributed by atoms with Crippen molar-refractivity contribution in [1.82, 2.24) is 0 Å². The fourth-order valence-corrected chi connectivity index (χ4v) is 9.48. The minimum Gasteiger partial charge on any atom is -0.497 e. The number of hydrogen-bond donors (Lipinski definition) is 0. The Kier molecular flexibility index (Phi) is 20.3. The molecule has 0 saturated carbocycles. The third kappa shape index (κ3) is 14.8. The van der Waals surface area contributed by atoms with E-state index in [1.807, 2.05) is 146 Å². The van der Waals surface area contributed by atoms with Crippen molar-refractivity contribution in [2.75, 3.05) is 55.9 Å². The highest BCUT2D eigenvalue weighted by atomic mass is 16.8. The van der Waals surface area contributed by atoms with Gasteiger partial charge in [0.25, 0.3) is 0 Å². The van der Waals surface area contributed by atoms with Crippen molar-refractivity contribution in [3.05, 3.63) is 189 Å². The molecule has 79 heavy (non-hydrogen) atoms. The van der Waals surface area contributed by atoms with Crippen LogP contribution in [0.5, 0.6) is 34.5 Å². The van der Waals surface area contributed by atoms with Gasteiger partial charge in [0.1, 0.15) is 83.3 Å². The zero-order chi connectivity index (χ0) is 54.9. The molecule has 0 bridgehead atoms. The minimum absolute atomic E-state index is 0.0505. The van der Waals surface area contributed by atoms with Crippen molar-refractivity contribution in [3.8, 4) is 34.5 Å². The predicted octanol–water partition coefficient (Wildman–Crippen LogP) is 9.86. The topological polar surface area (TPSA) is 196 Å². The van der Waals surface area contributed by atoms with Gasteiger partial charge in [-0.3, -0.25) is 0 Å². The van der Waals surface area contributed by atoms with Gasteiger partial charge in [-0.2, -0.15) is 0 Å². The summed E-state index contributed by atoms with van der Waals surface area (Å²) in [5.41, 5.74) is 15.1. The number of nitrogens with zero attached hydrogens (tertiary/aromatic N) is 3. The maximum Gasteiger partial charge on any atom is 0.187 e. The van der Waals surface area contributed by atoms with E-state index in [0.29, 0.717) is 34.5 Å². The molecule has 0 radical (unpaired) electrons. The fourth-order valence-electron chi connectivity index (χ4n) is 9.48. The second kappa shape index (κ2) is 28.3. The average molecular weight is 1090 g/mol. The normalized spacial score (nSPS) is 24.6. The highest BCUT2D eigenvalue weighted by molar-refractivity contribution is 5.31. The Morgan fingerprint density at radius 1 is 0.443 bits per heavy atom. The first-order valence-electron chi connectivity index (χ1n) is 25.9. The van der Waals surface area contributed by atoms with Crippen LogP contribution in [0.3, 0.4) is 0 Å². The number of benzene rings is 6. The minimum atomic E-state index is -1.21. The number of rotatable bonds is 26. The number of hydrogen-bond acceptors (Lipinski definition) is 17. The Hall–Kier alpha value is -6.97. The quantitative estimate of drug-likeness (QED) is 0.0282. The Bertz CT molecular complexity index is 2820. The standard InChI is InChI=1S/C60H67N3O16/c1-64-44-19-7-38(8-20-44)31-70-36-50-52(54(71-32-39-9-21-45(65-2)22-10-39)56(58(76-50)62-63-61)73-34-41-13-25-47(67-4)26-14-41)79-60-57(74-35-42-15-27-48(68-5)28-16-42)55(72-33-40-11-23-46(66-3)24-12-40)53-51(77-60)37-75-59(78-53)43-17-29-49(69-6)30-18-43/h7-30,50-60H,31-37H2,1-6H3/t50-,51-,52-,53-,54+,55+,56-,57-,58-,59-,60+/m1/s1. The molecule has 0 spiro atoms. The molecule has 0 unspecified atom stereocenters. The Labute approximate surface area is 459 Å². The van der Waals surface area contributed by atoms with Crippen molar-refractivity contribution >= 4 is 0 Å². The van der Waals surface area contributed by atoms with Crippen LogP contribution in [-0.4, -0.2) is 117 Å². The van der Waals surface area contributed by atoms with Crippen LogP contribution in [0.25, 0.3) is 10.4 Å². The van der Waals surface area contributed by atoms with Crippen molar-refractivity contribution < 1.29 is 75.8 Å². The van der Waals surface area contributed by atoms with Gasteiger partial charge in [-0.25, -0.2) is 0 Å². The molecular formula is C60H67N3O16. The molecule has 0 aliphatic carbocycles. The summed E-state index contributed by atoms with van der Waals surface area (Å²) in [6.07, 6.45) is -10.6. The number of methoxy groups -OCH3 is 6. The number of ether oxygens (including phenoxy) is 16. The van der Waals surface area contributed by atoms with Crippen molar-refractivity contribution in [2.45, 2.75) is 101 Å². The highest BCUT2D eigenvalue weighted by Gasteiger charge is 2.55.